The molecule has 3 nitrogen and oxygen atoms in total. The summed E-state index contributed by atoms with van der Waals surface area (Å²) < 4.78 is 6.65. The summed E-state index contributed by atoms with van der Waals surface area (Å²) in [5, 5.41) is 0.689. The van der Waals surface area contributed by atoms with Gasteiger partial charge in [0.25, 0.3) is 0 Å². The Morgan fingerprint density at radius 3 is 2.57 bits per heavy atom. The molecule has 0 aliphatic heterocycles. The second-order valence-corrected chi connectivity index (χ2v) is 6.56. The third-order valence-electron chi connectivity index (χ3n) is 3.44. The zero-order valence-corrected chi connectivity index (χ0v) is 15.1. The first kappa shape index (κ1) is 16.5. The van der Waals surface area contributed by atoms with Crippen LogP contribution in [0.25, 0.3) is 0 Å². The van der Waals surface area contributed by atoms with Crippen LogP contribution in [0.5, 0.6) is 5.75 Å². The van der Waals surface area contributed by atoms with Gasteiger partial charge in [0.15, 0.2) is 0 Å². The van der Waals surface area contributed by atoms with E-state index in [0.29, 0.717) is 5.02 Å². The maximum absolute atomic E-state index is 6.14. The summed E-state index contributed by atoms with van der Waals surface area (Å²) >= 11 is 8.43. The van der Waals surface area contributed by atoms with Gasteiger partial charge in [-0.15, -0.1) is 0 Å². The molecule has 0 radical (unpaired) electrons. The molecular weight excluding hydrogens is 399 g/mol. The molecule has 5 heteroatoms. The van der Waals surface area contributed by atoms with Gasteiger partial charge in [0.05, 0.1) is 13.2 Å². The lowest BCUT2D eigenvalue weighted by Crippen LogP contribution is -2.30. The molecule has 0 bridgehead atoms. The van der Waals surface area contributed by atoms with Crippen LogP contribution in [0.15, 0.2) is 30.3 Å². The molecule has 112 valence electrons. The number of ether oxygens (including phenoxy) is 1. The summed E-state index contributed by atoms with van der Waals surface area (Å²) in [5.74, 6) is 6.66. The number of hydrogen-bond acceptors (Lipinski definition) is 3. The first-order valence-electron chi connectivity index (χ1n) is 6.54. The molecule has 0 aliphatic carbocycles. The topological polar surface area (TPSA) is 47.3 Å². The zero-order valence-electron chi connectivity index (χ0n) is 12.2. The molecular formula is C16H18ClIN2O. The van der Waals surface area contributed by atoms with E-state index < -0.39 is 0 Å². The molecule has 1 atom stereocenters. The van der Waals surface area contributed by atoms with Crippen LogP contribution in [0.1, 0.15) is 28.3 Å². The van der Waals surface area contributed by atoms with Crippen molar-refractivity contribution in [1.29, 1.82) is 0 Å². The molecule has 2 aromatic carbocycles. The number of nitrogens with two attached hydrogens (primary N) is 1. The number of benzene rings is 2. The van der Waals surface area contributed by atoms with E-state index in [0.717, 1.165) is 31.6 Å². The fourth-order valence-corrected chi connectivity index (χ4v) is 3.37. The van der Waals surface area contributed by atoms with Crippen LogP contribution in [0.2, 0.25) is 5.02 Å². The molecule has 0 aliphatic rings. The average molecular weight is 417 g/mol. The molecule has 0 fully saturated rings. The molecule has 0 aromatic heterocycles. The van der Waals surface area contributed by atoms with Gasteiger partial charge >= 0.3 is 0 Å². The number of nitrogens with one attached hydrogen (secondary N) is 1. The minimum absolute atomic E-state index is 0.175. The minimum Gasteiger partial charge on any atom is -0.496 e. The van der Waals surface area contributed by atoms with Crippen LogP contribution in [0, 0.1) is 17.4 Å². The van der Waals surface area contributed by atoms with E-state index in [9.17, 15) is 0 Å². The van der Waals surface area contributed by atoms with Gasteiger partial charge in [-0.2, -0.15) is 0 Å². The maximum Gasteiger partial charge on any atom is 0.124 e. The van der Waals surface area contributed by atoms with Gasteiger partial charge in [-0.25, -0.2) is 5.43 Å². The lowest BCUT2D eigenvalue weighted by Gasteiger charge is -2.23. The summed E-state index contributed by atoms with van der Waals surface area (Å²) in [5.41, 5.74) is 7.25. The van der Waals surface area contributed by atoms with Gasteiger partial charge in [-0.05, 0) is 77.4 Å². The van der Waals surface area contributed by atoms with E-state index in [2.05, 4.69) is 41.0 Å². The fourth-order valence-electron chi connectivity index (χ4n) is 2.54. The fraction of sp³-hybridized carbons (Fsp3) is 0.250. The molecule has 0 saturated heterocycles. The summed E-state index contributed by atoms with van der Waals surface area (Å²) in [6.45, 7) is 4.11. The van der Waals surface area contributed by atoms with E-state index >= 15 is 0 Å². The Labute approximate surface area is 143 Å². The highest BCUT2D eigenvalue weighted by atomic mass is 127. The van der Waals surface area contributed by atoms with Crippen LogP contribution in [0.3, 0.4) is 0 Å². The quantitative estimate of drug-likeness (QED) is 0.448. The standard InChI is InChI=1S/C16H18ClIN2O/c1-9-6-10(2)15(14(7-9)21-3)16(20-19)12-8-11(17)4-5-13(12)18/h4-8,16,20H,19H2,1-3H3. The third kappa shape index (κ3) is 3.51. The molecule has 0 spiro atoms. The van der Waals surface area contributed by atoms with Gasteiger partial charge in [-0.1, -0.05) is 17.7 Å². The molecule has 2 aromatic rings. The highest BCUT2D eigenvalue weighted by Crippen LogP contribution is 2.36. The number of rotatable bonds is 4. The van der Waals surface area contributed by atoms with E-state index in [-0.39, 0.29) is 6.04 Å². The first-order chi connectivity index (χ1) is 9.97. The second kappa shape index (κ2) is 6.96. The summed E-state index contributed by atoms with van der Waals surface area (Å²) in [6, 6.07) is 9.76. The lowest BCUT2D eigenvalue weighted by molar-refractivity contribution is 0.403. The first-order valence-corrected chi connectivity index (χ1v) is 7.99. The van der Waals surface area contributed by atoms with E-state index in [1.807, 2.05) is 31.2 Å². The Balaban J connectivity index is 2.64. The van der Waals surface area contributed by atoms with Crippen LogP contribution in [-0.4, -0.2) is 7.11 Å². The molecule has 0 heterocycles. The number of halogens is 2. The van der Waals surface area contributed by atoms with Crippen LogP contribution in [0.4, 0.5) is 0 Å². The largest absolute Gasteiger partial charge is 0.496 e. The highest BCUT2D eigenvalue weighted by molar-refractivity contribution is 14.1. The Morgan fingerprint density at radius 1 is 1.24 bits per heavy atom. The number of hydrazine groups is 1. The van der Waals surface area contributed by atoms with Crippen molar-refractivity contribution >= 4 is 34.2 Å². The predicted octanol–water partition coefficient (Wildman–Crippen LogP) is 4.12. The van der Waals surface area contributed by atoms with Crippen molar-refractivity contribution in [2.24, 2.45) is 5.84 Å². The van der Waals surface area contributed by atoms with Gasteiger partial charge in [-0.3, -0.25) is 5.84 Å². The Bertz CT molecular complexity index is 661. The van der Waals surface area contributed by atoms with Crippen molar-refractivity contribution in [3.8, 4) is 5.75 Å². The molecule has 1 unspecified atom stereocenters. The van der Waals surface area contributed by atoms with Gasteiger partial charge in [0, 0.05) is 14.2 Å². The van der Waals surface area contributed by atoms with Crippen molar-refractivity contribution in [3.05, 3.63) is 61.2 Å². The van der Waals surface area contributed by atoms with Crippen LogP contribution >= 0.6 is 34.2 Å². The van der Waals surface area contributed by atoms with Crippen LogP contribution in [-0.2, 0) is 0 Å². The summed E-state index contributed by atoms with van der Waals surface area (Å²) in [7, 11) is 1.67. The van der Waals surface area contributed by atoms with E-state index in [1.54, 1.807) is 7.11 Å². The number of aryl methyl sites for hydroxylation is 2. The Hall–Kier alpha value is -0.820. The molecule has 0 saturated carbocycles. The predicted molar refractivity (Wildman–Crippen MR) is 95.8 cm³/mol. The third-order valence-corrected chi connectivity index (χ3v) is 4.66. The SMILES string of the molecule is COc1cc(C)cc(C)c1C(NN)c1cc(Cl)ccc1I. The van der Waals surface area contributed by atoms with Crippen molar-refractivity contribution in [2.45, 2.75) is 19.9 Å². The molecule has 21 heavy (non-hydrogen) atoms. The number of hydrogen-bond donors (Lipinski definition) is 2. The van der Waals surface area contributed by atoms with Crippen LogP contribution < -0.4 is 16.0 Å². The zero-order chi connectivity index (χ0) is 15.6. The smallest absolute Gasteiger partial charge is 0.124 e. The van der Waals surface area contributed by atoms with Crippen molar-refractivity contribution < 1.29 is 4.74 Å². The van der Waals surface area contributed by atoms with Gasteiger partial charge in [0.2, 0.25) is 0 Å². The van der Waals surface area contributed by atoms with E-state index in [1.165, 1.54) is 0 Å². The molecule has 2 rings (SSSR count). The highest BCUT2D eigenvalue weighted by Gasteiger charge is 2.22. The normalized spacial score (nSPS) is 12.3. The Morgan fingerprint density at radius 2 is 1.95 bits per heavy atom. The van der Waals surface area contributed by atoms with E-state index in [4.69, 9.17) is 22.2 Å². The minimum atomic E-state index is -0.175. The number of methoxy groups -OCH3 is 1. The van der Waals surface area contributed by atoms with Crippen molar-refractivity contribution in [3.63, 3.8) is 0 Å². The molecule has 0 amide bonds. The van der Waals surface area contributed by atoms with Crippen molar-refractivity contribution in [2.75, 3.05) is 7.11 Å². The summed E-state index contributed by atoms with van der Waals surface area (Å²) in [4.78, 5) is 0. The second-order valence-electron chi connectivity index (χ2n) is 4.96. The average Bonchev–Trinajstić information content (AvgIpc) is 2.44. The van der Waals surface area contributed by atoms with Crippen molar-refractivity contribution in [1.82, 2.24) is 5.43 Å². The molecule has 3 N–H and O–H groups in total. The Kier molecular flexibility index (Phi) is 5.48. The summed E-state index contributed by atoms with van der Waals surface area (Å²) in [6.07, 6.45) is 0. The van der Waals surface area contributed by atoms with Gasteiger partial charge < -0.3 is 4.74 Å². The lowest BCUT2D eigenvalue weighted by atomic mass is 9.93. The van der Waals surface area contributed by atoms with Gasteiger partial charge in [0.1, 0.15) is 5.75 Å². The maximum atomic E-state index is 6.14. The monoisotopic (exact) mass is 416 g/mol.